The van der Waals surface area contributed by atoms with Crippen LogP contribution in [0.25, 0.3) is 0 Å². The smallest absolute Gasteiger partial charge is 0.358 e. The van der Waals surface area contributed by atoms with E-state index in [2.05, 4.69) is 10.3 Å². The molecule has 8 heteroatoms. The molecule has 140 valence electrons. The van der Waals surface area contributed by atoms with E-state index in [-0.39, 0.29) is 30.1 Å². The summed E-state index contributed by atoms with van der Waals surface area (Å²) in [6.45, 7) is -0.567. The van der Waals surface area contributed by atoms with Crippen LogP contribution in [0.1, 0.15) is 16.7 Å². The largest absolute Gasteiger partial charge is 0.416 e. The molecule has 0 unspecified atom stereocenters. The number of nitrogens with one attached hydrogen (secondary N) is 1. The van der Waals surface area contributed by atoms with Gasteiger partial charge < -0.3 is 10.2 Å². The summed E-state index contributed by atoms with van der Waals surface area (Å²) >= 11 is 0. The second kappa shape index (κ2) is 7.22. The summed E-state index contributed by atoms with van der Waals surface area (Å²) in [5.74, 6) is -0.900. The van der Waals surface area contributed by atoms with Crippen LogP contribution in [0.5, 0.6) is 0 Å². The number of carbonyl (C=O) groups is 2. The molecule has 3 rings (SSSR count). The zero-order valence-electron chi connectivity index (χ0n) is 14.4. The fourth-order valence-corrected chi connectivity index (χ4v) is 2.83. The van der Waals surface area contributed by atoms with E-state index >= 15 is 0 Å². The van der Waals surface area contributed by atoms with Gasteiger partial charge in [0.15, 0.2) is 0 Å². The van der Waals surface area contributed by atoms with Gasteiger partial charge in [-0.25, -0.2) is 0 Å². The first-order chi connectivity index (χ1) is 12.8. The number of hydrogen-bond donors (Lipinski definition) is 1. The van der Waals surface area contributed by atoms with E-state index in [1.807, 2.05) is 0 Å². The van der Waals surface area contributed by atoms with Gasteiger partial charge in [-0.05, 0) is 18.2 Å². The Balaban J connectivity index is 2.20. The fraction of sp³-hybridized carbons (Fsp3) is 0.211. The Hall–Kier alpha value is -3.16. The Morgan fingerprint density at radius 2 is 1.89 bits per heavy atom. The first-order valence-corrected chi connectivity index (χ1v) is 8.13. The SMILES string of the molecule is CNC(=O)CN1C(=O)CN=C(c2ccccc2)c2cc(C(F)(F)F)ccc21. The number of halogens is 3. The maximum absolute atomic E-state index is 13.2. The average Bonchev–Trinajstić information content (AvgIpc) is 2.78. The molecule has 0 bridgehead atoms. The topological polar surface area (TPSA) is 61.8 Å². The molecule has 0 aromatic heterocycles. The summed E-state index contributed by atoms with van der Waals surface area (Å²) in [7, 11) is 1.42. The molecule has 0 saturated heterocycles. The Morgan fingerprint density at radius 1 is 1.19 bits per heavy atom. The predicted octanol–water partition coefficient (Wildman–Crippen LogP) is 2.64. The van der Waals surface area contributed by atoms with Gasteiger partial charge in [0.05, 0.1) is 17.0 Å². The van der Waals surface area contributed by atoms with E-state index in [9.17, 15) is 22.8 Å². The number of anilines is 1. The summed E-state index contributed by atoms with van der Waals surface area (Å²) in [6.07, 6.45) is -4.54. The highest BCUT2D eigenvalue weighted by Crippen LogP contribution is 2.35. The number of fused-ring (bicyclic) bond motifs is 1. The first-order valence-electron chi connectivity index (χ1n) is 8.13. The lowest BCUT2D eigenvalue weighted by molar-refractivity contribution is -0.137. The van der Waals surface area contributed by atoms with Gasteiger partial charge in [0.1, 0.15) is 13.1 Å². The van der Waals surface area contributed by atoms with Gasteiger partial charge in [-0.1, -0.05) is 30.3 Å². The molecular formula is C19H16F3N3O2. The first kappa shape index (κ1) is 18.6. The molecule has 0 atom stereocenters. The number of rotatable bonds is 3. The van der Waals surface area contributed by atoms with Gasteiger partial charge in [-0.2, -0.15) is 13.2 Å². The van der Waals surface area contributed by atoms with E-state index in [0.717, 1.165) is 17.0 Å². The molecule has 1 N–H and O–H groups in total. The van der Waals surface area contributed by atoms with Crippen molar-refractivity contribution in [2.24, 2.45) is 4.99 Å². The highest BCUT2D eigenvalue weighted by molar-refractivity contribution is 6.20. The number of alkyl halides is 3. The molecule has 0 fully saturated rings. The van der Waals surface area contributed by atoms with Crippen molar-refractivity contribution in [3.63, 3.8) is 0 Å². The molecule has 1 aliphatic rings. The minimum Gasteiger partial charge on any atom is -0.358 e. The van der Waals surface area contributed by atoms with Crippen molar-refractivity contribution in [1.29, 1.82) is 0 Å². The number of benzene rings is 2. The van der Waals surface area contributed by atoms with Crippen LogP contribution in [0.2, 0.25) is 0 Å². The van der Waals surface area contributed by atoms with Crippen molar-refractivity contribution in [1.82, 2.24) is 5.32 Å². The quantitative estimate of drug-likeness (QED) is 0.897. The third-order valence-electron chi connectivity index (χ3n) is 4.17. The van der Waals surface area contributed by atoms with Crippen LogP contribution in [-0.2, 0) is 15.8 Å². The number of hydrogen-bond acceptors (Lipinski definition) is 3. The summed E-state index contributed by atoms with van der Waals surface area (Å²) in [5.41, 5.74) is 0.402. The lowest BCUT2D eigenvalue weighted by Gasteiger charge is -2.23. The molecule has 2 aromatic rings. The molecule has 0 aliphatic carbocycles. The maximum Gasteiger partial charge on any atom is 0.416 e. The van der Waals surface area contributed by atoms with Crippen LogP contribution in [0, 0.1) is 0 Å². The fourth-order valence-electron chi connectivity index (χ4n) is 2.83. The normalized spacial score (nSPS) is 14.3. The standard InChI is InChI=1S/C19H16F3N3O2/c1-23-16(26)11-25-15-8-7-13(19(20,21)22)9-14(15)18(24-10-17(25)27)12-5-3-2-4-6-12/h2-9H,10-11H2,1H3,(H,23,26). The molecule has 27 heavy (non-hydrogen) atoms. The van der Waals surface area contributed by atoms with Crippen LogP contribution in [-0.4, -0.2) is 37.7 Å². The van der Waals surface area contributed by atoms with Crippen molar-refractivity contribution in [3.05, 3.63) is 65.2 Å². The molecule has 1 heterocycles. The summed E-state index contributed by atoms with van der Waals surface area (Å²) in [4.78, 5) is 29.7. The molecule has 1 aliphatic heterocycles. The van der Waals surface area contributed by atoms with Crippen molar-refractivity contribution < 1.29 is 22.8 Å². The Labute approximate surface area is 153 Å². The Kier molecular flexibility index (Phi) is 4.98. The summed E-state index contributed by atoms with van der Waals surface area (Å²) < 4.78 is 39.7. The predicted molar refractivity (Wildman–Crippen MR) is 94.8 cm³/mol. The Morgan fingerprint density at radius 3 is 2.52 bits per heavy atom. The Bertz CT molecular complexity index is 908. The molecule has 0 radical (unpaired) electrons. The second-order valence-electron chi connectivity index (χ2n) is 5.91. The van der Waals surface area contributed by atoms with E-state index in [4.69, 9.17) is 0 Å². The van der Waals surface area contributed by atoms with Crippen LogP contribution in [0.3, 0.4) is 0 Å². The van der Waals surface area contributed by atoms with E-state index in [1.165, 1.54) is 13.1 Å². The molecular weight excluding hydrogens is 359 g/mol. The van der Waals surface area contributed by atoms with Crippen LogP contribution < -0.4 is 10.2 Å². The van der Waals surface area contributed by atoms with Crippen LogP contribution in [0.4, 0.5) is 18.9 Å². The van der Waals surface area contributed by atoms with Gasteiger partial charge in [0.2, 0.25) is 11.8 Å². The lowest BCUT2D eigenvalue weighted by Crippen LogP contribution is -2.40. The van der Waals surface area contributed by atoms with Crippen LogP contribution in [0.15, 0.2) is 53.5 Å². The number of carbonyl (C=O) groups excluding carboxylic acids is 2. The summed E-state index contributed by atoms with van der Waals surface area (Å²) in [6, 6.07) is 11.7. The monoisotopic (exact) mass is 375 g/mol. The van der Waals surface area contributed by atoms with E-state index < -0.39 is 23.6 Å². The van der Waals surface area contributed by atoms with Gasteiger partial charge >= 0.3 is 6.18 Å². The number of aliphatic imine (C=N–C) groups is 1. The minimum absolute atomic E-state index is 0.158. The minimum atomic E-state index is -4.54. The highest BCUT2D eigenvalue weighted by Gasteiger charge is 2.34. The molecule has 0 saturated carbocycles. The maximum atomic E-state index is 13.2. The molecule has 5 nitrogen and oxygen atoms in total. The number of amides is 2. The second-order valence-corrected chi connectivity index (χ2v) is 5.91. The van der Waals surface area contributed by atoms with Crippen molar-refractivity contribution >= 4 is 23.2 Å². The lowest BCUT2D eigenvalue weighted by atomic mass is 9.98. The average molecular weight is 375 g/mol. The van der Waals surface area contributed by atoms with E-state index in [0.29, 0.717) is 5.56 Å². The zero-order chi connectivity index (χ0) is 19.6. The highest BCUT2D eigenvalue weighted by atomic mass is 19.4. The van der Waals surface area contributed by atoms with Gasteiger partial charge in [-0.15, -0.1) is 0 Å². The third kappa shape index (κ3) is 3.84. The van der Waals surface area contributed by atoms with Gasteiger partial charge in [0, 0.05) is 18.2 Å². The van der Waals surface area contributed by atoms with E-state index in [1.54, 1.807) is 30.3 Å². The van der Waals surface area contributed by atoms with Crippen LogP contribution >= 0.6 is 0 Å². The number of nitrogens with zero attached hydrogens (tertiary/aromatic N) is 2. The van der Waals surface area contributed by atoms with Gasteiger partial charge in [-0.3, -0.25) is 14.6 Å². The van der Waals surface area contributed by atoms with Crippen molar-refractivity contribution in [2.45, 2.75) is 6.18 Å². The molecule has 0 spiro atoms. The number of likely N-dealkylation sites (N-methyl/N-ethyl adjacent to an activating group) is 1. The van der Waals surface area contributed by atoms with Crippen molar-refractivity contribution in [2.75, 3.05) is 25.0 Å². The van der Waals surface area contributed by atoms with Crippen molar-refractivity contribution in [3.8, 4) is 0 Å². The molecule has 2 amide bonds. The summed E-state index contributed by atoms with van der Waals surface area (Å²) in [5, 5.41) is 2.41. The zero-order valence-corrected chi connectivity index (χ0v) is 14.4. The molecule has 2 aromatic carbocycles. The number of benzodiazepines with no additional fused rings is 1. The van der Waals surface area contributed by atoms with Gasteiger partial charge in [0.25, 0.3) is 0 Å². The third-order valence-corrected chi connectivity index (χ3v) is 4.17.